The van der Waals surface area contributed by atoms with E-state index in [2.05, 4.69) is 10.5 Å². The predicted octanol–water partition coefficient (Wildman–Crippen LogP) is 5.88. The lowest BCUT2D eigenvalue weighted by Crippen LogP contribution is -2.30. The van der Waals surface area contributed by atoms with Gasteiger partial charge < -0.3 is 4.42 Å². The smallest absolute Gasteiger partial charge is 0.271 e. The van der Waals surface area contributed by atoms with Crippen molar-refractivity contribution in [3.63, 3.8) is 0 Å². The van der Waals surface area contributed by atoms with Crippen molar-refractivity contribution in [3.8, 4) is 0 Å². The number of amides is 1. The second kappa shape index (κ2) is 11.7. The van der Waals surface area contributed by atoms with Crippen molar-refractivity contribution >= 4 is 45.3 Å². The fourth-order valence-corrected chi connectivity index (χ4v) is 4.96. The van der Waals surface area contributed by atoms with Gasteiger partial charge in [-0.25, -0.2) is 18.2 Å². The van der Waals surface area contributed by atoms with E-state index in [1.54, 1.807) is 36.4 Å². The Morgan fingerprint density at radius 2 is 1.51 bits per heavy atom. The number of halogens is 3. The minimum absolute atomic E-state index is 0.0661. The lowest BCUT2D eigenvalue weighted by molar-refractivity contribution is 0.0955. The SMILES string of the molecule is O=C(N/N=C\c1ccc(CN(Cc2ccc(Cl)cc2)S(=O)(=O)c2ccc(Cl)cc2)o1)c1ccc(F)cc1. The lowest BCUT2D eigenvalue weighted by atomic mass is 10.2. The summed E-state index contributed by atoms with van der Waals surface area (Å²) in [6.45, 7) is 0.00332. The molecule has 0 aliphatic carbocycles. The summed E-state index contributed by atoms with van der Waals surface area (Å²) in [5, 5.41) is 4.80. The summed E-state index contributed by atoms with van der Waals surface area (Å²) in [5.41, 5.74) is 3.30. The molecule has 0 saturated heterocycles. The zero-order valence-corrected chi connectivity index (χ0v) is 21.5. The lowest BCUT2D eigenvalue weighted by Gasteiger charge is -2.21. The Bertz CT molecular complexity index is 1500. The number of furan rings is 1. The van der Waals surface area contributed by atoms with E-state index >= 15 is 0 Å². The molecule has 1 aromatic heterocycles. The molecule has 0 fully saturated rings. The van der Waals surface area contributed by atoms with Crippen LogP contribution in [0.3, 0.4) is 0 Å². The quantitative estimate of drug-likeness (QED) is 0.205. The van der Waals surface area contributed by atoms with Crippen LogP contribution in [0.4, 0.5) is 4.39 Å². The first kappa shape index (κ1) is 26.6. The molecule has 0 aliphatic heterocycles. The van der Waals surface area contributed by atoms with E-state index in [0.29, 0.717) is 21.6 Å². The van der Waals surface area contributed by atoms with Gasteiger partial charge in [0.05, 0.1) is 17.7 Å². The summed E-state index contributed by atoms with van der Waals surface area (Å²) >= 11 is 11.9. The largest absolute Gasteiger partial charge is 0.459 e. The van der Waals surface area contributed by atoms with Crippen LogP contribution in [-0.2, 0) is 23.1 Å². The Hall–Kier alpha value is -3.50. The van der Waals surface area contributed by atoms with Crippen LogP contribution in [0.2, 0.25) is 10.0 Å². The maximum absolute atomic E-state index is 13.4. The van der Waals surface area contributed by atoms with Gasteiger partial charge in [-0.05, 0) is 78.4 Å². The van der Waals surface area contributed by atoms with Gasteiger partial charge in [0.2, 0.25) is 10.0 Å². The second-order valence-electron chi connectivity index (χ2n) is 7.86. The van der Waals surface area contributed by atoms with Crippen LogP contribution in [0, 0.1) is 5.82 Å². The van der Waals surface area contributed by atoms with Crippen LogP contribution >= 0.6 is 23.2 Å². The van der Waals surface area contributed by atoms with E-state index in [1.165, 1.54) is 59.1 Å². The highest BCUT2D eigenvalue weighted by molar-refractivity contribution is 7.89. The molecule has 190 valence electrons. The highest BCUT2D eigenvalue weighted by Gasteiger charge is 2.26. The van der Waals surface area contributed by atoms with Crippen molar-refractivity contribution in [2.75, 3.05) is 0 Å². The van der Waals surface area contributed by atoms with Gasteiger partial charge in [0.25, 0.3) is 5.91 Å². The number of carbonyl (C=O) groups is 1. The van der Waals surface area contributed by atoms with Crippen LogP contribution in [0.25, 0.3) is 0 Å². The Morgan fingerprint density at radius 3 is 2.16 bits per heavy atom. The Balaban J connectivity index is 1.50. The summed E-state index contributed by atoms with van der Waals surface area (Å²) in [6.07, 6.45) is 1.28. The molecule has 0 atom stereocenters. The molecule has 1 N–H and O–H groups in total. The molecule has 0 radical (unpaired) electrons. The number of hydrogen-bond acceptors (Lipinski definition) is 5. The maximum Gasteiger partial charge on any atom is 0.271 e. The molecule has 1 amide bonds. The van der Waals surface area contributed by atoms with Gasteiger partial charge >= 0.3 is 0 Å². The van der Waals surface area contributed by atoms with Crippen molar-refractivity contribution in [3.05, 3.63) is 123 Å². The number of rotatable bonds is 9. The highest BCUT2D eigenvalue weighted by atomic mass is 35.5. The molecular weight excluding hydrogens is 540 g/mol. The number of hydrogen-bond donors (Lipinski definition) is 1. The molecule has 7 nitrogen and oxygen atoms in total. The van der Waals surface area contributed by atoms with Crippen molar-refractivity contribution in [2.24, 2.45) is 5.10 Å². The highest BCUT2D eigenvalue weighted by Crippen LogP contribution is 2.24. The number of nitrogens with zero attached hydrogens (tertiary/aromatic N) is 2. The maximum atomic E-state index is 13.4. The second-order valence-corrected chi connectivity index (χ2v) is 10.7. The van der Waals surface area contributed by atoms with Crippen LogP contribution < -0.4 is 5.43 Å². The monoisotopic (exact) mass is 559 g/mol. The minimum Gasteiger partial charge on any atom is -0.459 e. The van der Waals surface area contributed by atoms with Gasteiger partial charge in [-0.1, -0.05) is 35.3 Å². The standard InChI is InChI=1S/C26H20Cl2FN3O4S/c27-20-5-1-18(2-6-20)16-32(37(34,35)25-13-7-21(28)8-14-25)17-24-12-11-23(36-24)15-30-31-26(33)19-3-9-22(29)10-4-19/h1-15H,16-17H2,(H,31,33)/b30-15-. The number of sulfonamides is 1. The molecule has 0 bridgehead atoms. The number of hydrazone groups is 1. The van der Waals surface area contributed by atoms with Gasteiger partial charge in [0, 0.05) is 22.2 Å². The molecule has 4 rings (SSSR count). The number of benzene rings is 3. The van der Waals surface area contributed by atoms with Crippen LogP contribution in [0.5, 0.6) is 0 Å². The third-order valence-corrected chi connectivity index (χ3v) is 7.51. The van der Waals surface area contributed by atoms with E-state index in [0.717, 1.165) is 5.56 Å². The average Bonchev–Trinajstić information content (AvgIpc) is 3.32. The average molecular weight is 560 g/mol. The van der Waals surface area contributed by atoms with Gasteiger partial charge in [-0.2, -0.15) is 9.41 Å². The summed E-state index contributed by atoms with van der Waals surface area (Å²) in [6, 6.07) is 21.0. The third kappa shape index (κ3) is 7.05. The van der Waals surface area contributed by atoms with E-state index in [4.69, 9.17) is 27.6 Å². The first-order valence-electron chi connectivity index (χ1n) is 10.9. The molecular formula is C26H20Cl2FN3O4S. The molecule has 0 spiro atoms. The number of carbonyl (C=O) groups excluding carboxylic acids is 1. The zero-order chi connectivity index (χ0) is 26.4. The first-order chi connectivity index (χ1) is 17.7. The van der Waals surface area contributed by atoms with E-state index in [9.17, 15) is 17.6 Å². The van der Waals surface area contributed by atoms with Gasteiger partial charge in [0.1, 0.15) is 17.3 Å². The number of nitrogens with one attached hydrogen (secondary N) is 1. The van der Waals surface area contributed by atoms with Gasteiger partial charge in [-0.3, -0.25) is 4.79 Å². The summed E-state index contributed by atoms with van der Waals surface area (Å²) in [5.74, 6) is -0.319. The van der Waals surface area contributed by atoms with Crippen molar-refractivity contribution in [2.45, 2.75) is 18.0 Å². The van der Waals surface area contributed by atoms with Crippen molar-refractivity contribution in [1.82, 2.24) is 9.73 Å². The van der Waals surface area contributed by atoms with E-state index < -0.39 is 21.7 Å². The third-order valence-electron chi connectivity index (χ3n) is 5.20. The van der Waals surface area contributed by atoms with Crippen LogP contribution in [0.15, 0.2) is 99.3 Å². The fraction of sp³-hybridized carbons (Fsp3) is 0.0769. The Morgan fingerprint density at radius 1 is 0.892 bits per heavy atom. The molecule has 0 aliphatic rings. The molecule has 37 heavy (non-hydrogen) atoms. The molecule has 1 heterocycles. The molecule has 3 aromatic carbocycles. The Kier molecular flexibility index (Phi) is 8.40. The molecule has 4 aromatic rings. The molecule has 11 heteroatoms. The summed E-state index contributed by atoms with van der Waals surface area (Å²) in [7, 11) is -3.91. The summed E-state index contributed by atoms with van der Waals surface area (Å²) < 4.78 is 46.9. The zero-order valence-electron chi connectivity index (χ0n) is 19.1. The molecule has 0 saturated carbocycles. The van der Waals surface area contributed by atoms with E-state index in [-0.39, 0.29) is 23.5 Å². The van der Waals surface area contributed by atoms with Crippen LogP contribution in [0.1, 0.15) is 27.4 Å². The minimum atomic E-state index is -3.91. The Labute approximate surface area is 223 Å². The molecule has 0 unspecified atom stereocenters. The normalized spacial score (nSPS) is 11.8. The van der Waals surface area contributed by atoms with Crippen molar-refractivity contribution in [1.29, 1.82) is 0 Å². The predicted molar refractivity (Wildman–Crippen MR) is 140 cm³/mol. The van der Waals surface area contributed by atoms with Crippen molar-refractivity contribution < 1.29 is 22.0 Å². The van der Waals surface area contributed by atoms with Crippen LogP contribution in [-0.4, -0.2) is 24.8 Å². The topological polar surface area (TPSA) is 92.0 Å². The first-order valence-corrected chi connectivity index (χ1v) is 13.1. The van der Waals surface area contributed by atoms with Gasteiger partial charge in [-0.15, -0.1) is 0 Å². The summed E-state index contributed by atoms with van der Waals surface area (Å²) in [4.78, 5) is 12.2. The fourth-order valence-electron chi connectivity index (χ4n) is 3.32. The van der Waals surface area contributed by atoms with Gasteiger partial charge in [0.15, 0.2) is 0 Å². The van der Waals surface area contributed by atoms with E-state index in [1.807, 2.05) is 0 Å².